The third kappa shape index (κ3) is 2.15. The first-order chi connectivity index (χ1) is 6.77. The van der Waals surface area contributed by atoms with Gasteiger partial charge in [-0.15, -0.1) is 0 Å². The zero-order valence-electron chi connectivity index (χ0n) is 8.12. The molecule has 0 aromatic carbocycles. The van der Waals surface area contributed by atoms with E-state index in [4.69, 9.17) is 5.73 Å². The Bertz CT molecular complexity index is 314. The largest absolute Gasteiger partial charge is 0.327 e. The van der Waals surface area contributed by atoms with Crippen LogP contribution in [0.15, 0.2) is 22.8 Å². The summed E-state index contributed by atoms with van der Waals surface area (Å²) in [5, 5.41) is 0. The highest BCUT2D eigenvalue weighted by Gasteiger charge is 2.24. The normalized spacial score (nSPS) is 27.6. The molecule has 0 bridgehead atoms. The van der Waals surface area contributed by atoms with Crippen LogP contribution in [0.5, 0.6) is 0 Å². The number of hydrogen-bond donors (Lipinski definition) is 1. The van der Waals surface area contributed by atoms with Gasteiger partial charge in [0.25, 0.3) is 0 Å². The molecule has 1 fully saturated rings. The molecule has 0 radical (unpaired) electrons. The zero-order valence-corrected chi connectivity index (χ0v) is 9.70. The molecule has 1 aromatic heterocycles. The molecule has 0 aliphatic heterocycles. The third-order valence-corrected chi connectivity index (χ3v) is 3.38. The number of halogens is 1. The van der Waals surface area contributed by atoms with Crippen LogP contribution in [0.3, 0.4) is 0 Å². The van der Waals surface area contributed by atoms with Gasteiger partial charge in [-0.1, -0.05) is 18.9 Å². The molecule has 76 valence electrons. The quantitative estimate of drug-likeness (QED) is 0.783. The van der Waals surface area contributed by atoms with Gasteiger partial charge in [-0.3, -0.25) is 0 Å². The van der Waals surface area contributed by atoms with Crippen molar-refractivity contribution in [1.29, 1.82) is 0 Å². The van der Waals surface area contributed by atoms with Gasteiger partial charge >= 0.3 is 0 Å². The zero-order chi connectivity index (χ0) is 9.97. The van der Waals surface area contributed by atoms with Crippen LogP contribution in [0.1, 0.15) is 37.3 Å². The SMILES string of the molecule is NC1CCCCC1c1cccc(Br)n1. The minimum absolute atomic E-state index is 0.297. The van der Waals surface area contributed by atoms with Crippen LogP contribution in [0, 0.1) is 0 Å². The Labute approximate surface area is 93.0 Å². The van der Waals surface area contributed by atoms with E-state index < -0.39 is 0 Å². The molecule has 14 heavy (non-hydrogen) atoms. The first-order valence-electron chi connectivity index (χ1n) is 5.15. The molecule has 3 heteroatoms. The van der Waals surface area contributed by atoms with Crippen LogP contribution in [-0.4, -0.2) is 11.0 Å². The lowest BCUT2D eigenvalue weighted by Gasteiger charge is -2.28. The second-order valence-corrected chi connectivity index (χ2v) is 4.75. The van der Waals surface area contributed by atoms with E-state index in [0.29, 0.717) is 12.0 Å². The third-order valence-electron chi connectivity index (χ3n) is 2.94. The van der Waals surface area contributed by atoms with Gasteiger partial charge < -0.3 is 5.73 Å². The van der Waals surface area contributed by atoms with Crippen molar-refractivity contribution in [3.8, 4) is 0 Å². The van der Waals surface area contributed by atoms with Gasteiger partial charge in [-0.2, -0.15) is 0 Å². The van der Waals surface area contributed by atoms with Gasteiger partial charge in [0.15, 0.2) is 0 Å². The van der Waals surface area contributed by atoms with E-state index in [1.165, 1.54) is 19.3 Å². The van der Waals surface area contributed by atoms with Crippen molar-refractivity contribution in [2.75, 3.05) is 0 Å². The molecule has 2 unspecified atom stereocenters. The molecule has 0 saturated heterocycles. The molecule has 2 N–H and O–H groups in total. The Hall–Kier alpha value is -0.410. The second kappa shape index (κ2) is 4.41. The summed E-state index contributed by atoms with van der Waals surface area (Å²) in [6.45, 7) is 0. The number of rotatable bonds is 1. The molecular formula is C11H15BrN2. The van der Waals surface area contributed by atoms with Crippen LogP contribution in [0.2, 0.25) is 0 Å². The minimum atomic E-state index is 0.297. The Morgan fingerprint density at radius 1 is 1.29 bits per heavy atom. The van der Waals surface area contributed by atoms with Gasteiger partial charge in [0.1, 0.15) is 4.60 Å². The topological polar surface area (TPSA) is 38.9 Å². The average molecular weight is 255 g/mol. The minimum Gasteiger partial charge on any atom is -0.327 e. The van der Waals surface area contributed by atoms with E-state index in [2.05, 4.69) is 27.0 Å². The standard InChI is InChI=1S/C11H15BrN2/c12-11-7-3-6-10(14-11)8-4-1-2-5-9(8)13/h3,6-9H,1-2,4-5,13H2. The maximum absolute atomic E-state index is 6.11. The maximum atomic E-state index is 6.11. The summed E-state index contributed by atoms with van der Waals surface area (Å²) < 4.78 is 0.910. The van der Waals surface area contributed by atoms with Crippen molar-refractivity contribution in [3.05, 3.63) is 28.5 Å². The van der Waals surface area contributed by atoms with E-state index in [0.717, 1.165) is 16.7 Å². The van der Waals surface area contributed by atoms with E-state index in [-0.39, 0.29) is 0 Å². The highest BCUT2D eigenvalue weighted by Crippen LogP contribution is 2.31. The fourth-order valence-electron chi connectivity index (χ4n) is 2.16. The Kier molecular flexibility index (Phi) is 3.19. The van der Waals surface area contributed by atoms with E-state index >= 15 is 0 Å². The Balaban J connectivity index is 2.20. The molecule has 1 aliphatic carbocycles. The summed E-state index contributed by atoms with van der Waals surface area (Å²) in [5.74, 6) is 0.459. The fraction of sp³-hybridized carbons (Fsp3) is 0.545. The lowest BCUT2D eigenvalue weighted by molar-refractivity contribution is 0.379. The average Bonchev–Trinajstić information content (AvgIpc) is 2.18. The fourth-order valence-corrected chi connectivity index (χ4v) is 2.51. The van der Waals surface area contributed by atoms with Gasteiger partial charge in [0.2, 0.25) is 0 Å². The monoisotopic (exact) mass is 254 g/mol. The number of pyridine rings is 1. The lowest BCUT2D eigenvalue weighted by Crippen LogP contribution is -2.31. The molecule has 2 nitrogen and oxygen atoms in total. The number of hydrogen-bond acceptors (Lipinski definition) is 2. The van der Waals surface area contributed by atoms with Gasteiger partial charge in [0, 0.05) is 17.7 Å². The lowest BCUT2D eigenvalue weighted by atomic mass is 9.83. The van der Waals surface area contributed by atoms with Crippen molar-refractivity contribution >= 4 is 15.9 Å². The van der Waals surface area contributed by atoms with Crippen LogP contribution >= 0.6 is 15.9 Å². The molecule has 0 spiro atoms. The van der Waals surface area contributed by atoms with Gasteiger partial charge in [-0.05, 0) is 40.9 Å². The van der Waals surface area contributed by atoms with Crippen LogP contribution < -0.4 is 5.73 Å². The number of aromatic nitrogens is 1. The number of nitrogens with zero attached hydrogens (tertiary/aromatic N) is 1. The summed E-state index contributed by atoms with van der Waals surface area (Å²) in [6, 6.07) is 6.37. The first-order valence-corrected chi connectivity index (χ1v) is 5.95. The summed E-state index contributed by atoms with van der Waals surface area (Å²) >= 11 is 3.40. The van der Waals surface area contributed by atoms with Crippen LogP contribution in [-0.2, 0) is 0 Å². The van der Waals surface area contributed by atoms with Crippen LogP contribution in [0.25, 0.3) is 0 Å². The molecule has 2 rings (SSSR count). The van der Waals surface area contributed by atoms with Crippen molar-refractivity contribution < 1.29 is 0 Å². The summed E-state index contributed by atoms with van der Waals surface area (Å²) in [6.07, 6.45) is 4.88. The highest BCUT2D eigenvalue weighted by molar-refractivity contribution is 9.10. The van der Waals surface area contributed by atoms with Gasteiger partial charge in [-0.25, -0.2) is 4.98 Å². The van der Waals surface area contributed by atoms with Crippen molar-refractivity contribution in [1.82, 2.24) is 4.98 Å². The Morgan fingerprint density at radius 2 is 2.07 bits per heavy atom. The molecule has 1 aliphatic rings. The molecule has 1 heterocycles. The van der Waals surface area contributed by atoms with E-state index in [1.54, 1.807) is 0 Å². The summed E-state index contributed by atoms with van der Waals surface area (Å²) in [7, 11) is 0. The second-order valence-electron chi connectivity index (χ2n) is 3.94. The molecule has 1 saturated carbocycles. The van der Waals surface area contributed by atoms with Crippen LogP contribution in [0.4, 0.5) is 0 Å². The van der Waals surface area contributed by atoms with Crippen molar-refractivity contribution in [3.63, 3.8) is 0 Å². The number of nitrogens with two attached hydrogens (primary N) is 1. The molecule has 0 amide bonds. The predicted octanol–water partition coefficient (Wildman–Crippen LogP) is 2.83. The van der Waals surface area contributed by atoms with E-state index in [1.807, 2.05) is 12.1 Å². The predicted molar refractivity (Wildman–Crippen MR) is 61.1 cm³/mol. The smallest absolute Gasteiger partial charge is 0.106 e. The molecular weight excluding hydrogens is 240 g/mol. The summed E-state index contributed by atoms with van der Waals surface area (Å²) in [5.41, 5.74) is 7.25. The van der Waals surface area contributed by atoms with E-state index in [9.17, 15) is 0 Å². The van der Waals surface area contributed by atoms with Gasteiger partial charge in [0.05, 0.1) is 0 Å². The first kappa shape index (κ1) is 10.1. The Morgan fingerprint density at radius 3 is 2.79 bits per heavy atom. The van der Waals surface area contributed by atoms with Crippen molar-refractivity contribution in [2.24, 2.45) is 5.73 Å². The molecule has 1 aromatic rings. The maximum Gasteiger partial charge on any atom is 0.106 e. The van der Waals surface area contributed by atoms with Crippen molar-refractivity contribution in [2.45, 2.75) is 37.6 Å². The highest BCUT2D eigenvalue weighted by atomic mass is 79.9. The molecule has 2 atom stereocenters. The summed E-state index contributed by atoms with van der Waals surface area (Å²) in [4.78, 5) is 4.48.